The molecule has 0 bridgehead atoms. The van der Waals surface area contributed by atoms with Gasteiger partial charge in [-0.3, -0.25) is 0 Å². The molecular formula is C22H29NO3Si. The van der Waals surface area contributed by atoms with Gasteiger partial charge in [-0.05, 0) is 28.3 Å². The van der Waals surface area contributed by atoms with Gasteiger partial charge in [-0.15, -0.1) is 0 Å². The van der Waals surface area contributed by atoms with E-state index in [9.17, 15) is 9.90 Å². The molecule has 1 amide bonds. The number of hydrogen-bond acceptors (Lipinski definition) is 2. The van der Waals surface area contributed by atoms with E-state index in [1.54, 1.807) is 7.05 Å². The number of likely N-dealkylation sites (N-methyl/N-ethyl adjacent to an activating group) is 1. The van der Waals surface area contributed by atoms with Crippen LogP contribution in [-0.2, 0) is 4.43 Å². The highest BCUT2D eigenvalue weighted by atomic mass is 28.4. The van der Waals surface area contributed by atoms with E-state index in [2.05, 4.69) is 69.3 Å². The second kappa shape index (κ2) is 7.13. The van der Waals surface area contributed by atoms with Crippen LogP contribution in [0.15, 0.2) is 60.7 Å². The normalized spacial score (nSPS) is 16.0. The van der Waals surface area contributed by atoms with Crippen LogP contribution in [0, 0.1) is 0 Å². The number of amides is 1. The molecule has 0 aliphatic heterocycles. The van der Waals surface area contributed by atoms with Crippen molar-refractivity contribution in [3.63, 3.8) is 0 Å². The van der Waals surface area contributed by atoms with E-state index in [4.69, 9.17) is 4.43 Å². The van der Waals surface area contributed by atoms with Crippen LogP contribution in [-0.4, -0.2) is 43.6 Å². The molecule has 0 atom stereocenters. The highest BCUT2D eigenvalue weighted by Crippen LogP contribution is 2.44. The highest BCUT2D eigenvalue weighted by Gasteiger charge is 2.55. The first-order chi connectivity index (χ1) is 12.7. The number of carbonyl (C=O) groups is 1. The zero-order valence-electron chi connectivity index (χ0n) is 16.6. The summed E-state index contributed by atoms with van der Waals surface area (Å²) in [6.07, 6.45) is 0.820. The lowest BCUT2D eigenvalue weighted by Gasteiger charge is -2.44. The smallest absolute Gasteiger partial charge is 0.407 e. The van der Waals surface area contributed by atoms with Gasteiger partial charge in [0.2, 0.25) is 0 Å². The Morgan fingerprint density at radius 1 is 1.04 bits per heavy atom. The Labute approximate surface area is 162 Å². The molecule has 4 nitrogen and oxygen atoms in total. The summed E-state index contributed by atoms with van der Waals surface area (Å²) in [5, 5.41) is 11.8. The number of carboxylic acid groups (broad SMARTS) is 1. The molecular weight excluding hydrogens is 354 g/mol. The topological polar surface area (TPSA) is 49.8 Å². The van der Waals surface area contributed by atoms with Crippen molar-refractivity contribution >= 4 is 24.8 Å². The van der Waals surface area contributed by atoms with Gasteiger partial charge in [-0.1, -0.05) is 81.4 Å². The molecule has 1 aliphatic carbocycles. The molecule has 1 saturated carbocycles. The van der Waals surface area contributed by atoms with Crippen LogP contribution >= 0.6 is 0 Å². The maximum absolute atomic E-state index is 11.5. The lowest BCUT2D eigenvalue weighted by molar-refractivity contribution is 0.106. The van der Waals surface area contributed by atoms with Crippen LogP contribution < -0.4 is 10.4 Å². The first-order valence-corrected chi connectivity index (χ1v) is 11.4. The molecule has 0 spiro atoms. The number of nitrogens with zero attached hydrogens (tertiary/aromatic N) is 1. The molecule has 1 N–H and O–H groups in total. The lowest BCUT2D eigenvalue weighted by atomic mass is 10.2. The Hall–Kier alpha value is -2.11. The first-order valence-electron chi connectivity index (χ1n) is 9.45. The van der Waals surface area contributed by atoms with E-state index in [0.717, 1.165) is 12.8 Å². The van der Waals surface area contributed by atoms with Gasteiger partial charge in [0.1, 0.15) is 0 Å². The minimum Gasteiger partial charge on any atom is -0.465 e. The summed E-state index contributed by atoms with van der Waals surface area (Å²) in [4.78, 5) is 13.0. The van der Waals surface area contributed by atoms with Crippen molar-refractivity contribution < 1.29 is 14.3 Å². The first kappa shape index (κ1) is 19.6. The van der Waals surface area contributed by atoms with Crippen molar-refractivity contribution in [2.75, 3.05) is 13.7 Å². The molecule has 0 saturated heterocycles. The Balaban J connectivity index is 2.06. The van der Waals surface area contributed by atoms with E-state index < -0.39 is 14.4 Å². The molecule has 3 rings (SSSR count). The van der Waals surface area contributed by atoms with Gasteiger partial charge in [0, 0.05) is 7.05 Å². The third-order valence-electron chi connectivity index (χ3n) is 5.80. The van der Waals surface area contributed by atoms with Gasteiger partial charge < -0.3 is 14.4 Å². The molecule has 0 aromatic heterocycles. The zero-order chi connectivity index (χ0) is 19.7. The molecule has 2 aromatic rings. The summed E-state index contributed by atoms with van der Waals surface area (Å²) in [7, 11) is -0.963. The second-order valence-electron chi connectivity index (χ2n) is 8.52. The molecule has 5 heteroatoms. The van der Waals surface area contributed by atoms with Crippen molar-refractivity contribution in [3.8, 4) is 0 Å². The molecule has 0 radical (unpaired) electrons. The average Bonchev–Trinajstić information content (AvgIpc) is 3.43. The van der Waals surface area contributed by atoms with Gasteiger partial charge in [0.05, 0.1) is 12.1 Å². The molecule has 0 heterocycles. The third kappa shape index (κ3) is 3.54. The van der Waals surface area contributed by atoms with Crippen LogP contribution in [0.3, 0.4) is 0 Å². The maximum Gasteiger partial charge on any atom is 0.407 e. The Morgan fingerprint density at radius 2 is 1.48 bits per heavy atom. The van der Waals surface area contributed by atoms with Crippen LogP contribution in [0.1, 0.15) is 33.6 Å². The van der Waals surface area contributed by atoms with Crippen LogP contribution in [0.25, 0.3) is 0 Å². The van der Waals surface area contributed by atoms with Crippen molar-refractivity contribution in [1.82, 2.24) is 4.90 Å². The highest BCUT2D eigenvalue weighted by molar-refractivity contribution is 6.99. The molecule has 144 valence electrons. The predicted octanol–water partition coefficient (Wildman–Crippen LogP) is 3.71. The van der Waals surface area contributed by atoms with E-state index >= 15 is 0 Å². The largest absolute Gasteiger partial charge is 0.465 e. The predicted molar refractivity (Wildman–Crippen MR) is 111 cm³/mol. The van der Waals surface area contributed by atoms with Gasteiger partial charge in [0.15, 0.2) is 0 Å². The van der Waals surface area contributed by atoms with Crippen molar-refractivity contribution in [1.29, 1.82) is 0 Å². The van der Waals surface area contributed by atoms with Crippen molar-refractivity contribution in [2.45, 2.75) is 44.2 Å². The number of benzene rings is 2. The second-order valence-corrected chi connectivity index (χ2v) is 12.8. The van der Waals surface area contributed by atoms with Crippen LogP contribution in [0.2, 0.25) is 5.04 Å². The number of rotatable bonds is 6. The van der Waals surface area contributed by atoms with Crippen molar-refractivity contribution in [3.05, 3.63) is 60.7 Å². The van der Waals surface area contributed by atoms with E-state index in [-0.39, 0.29) is 10.6 Å². The minimum absolute atomic E-state index is 0.104. The standard InChI is InChI=1S/C22H29NO3Si/c1-21(2,3)27(18-11-7-5-8-12-18,19-13-9-6-10-14-19)26-17-22(15-16-22)23(4)20(24)25/h5-14H,15-17H2,1-4H3,(H,24,25). The fourth-order valence-electron chi connectivity index (χ4n) is 3.93. The molecule has 0 unspecified atom stereocenters. The summed E-state index contributed by atoms with van der Waals surface area (Å²) in [5.74, 6) is 0. The average molecular weight is 384 g/mol. The van der Waals surface area contributed by atoms with Crippen molar-refractivity contribution in [2.24, 2.45) is 0 Å². The van der Waals surface area contributed by atoms with Crippen LogP contribution in [0.4, 0.5) is 4.79 Å². The van der Waals surface area contributed by atoms with Gasteiger partial charge in [0.25, 0.3) is 8.32 Å². The quantitative estimate of drug-likeness (QED) is 0.774. The Bertz CT molecular complexity index is 743. The molecule has 1 fully saturated rings. The van der Waals surface area contributed by atoms with Crippen LogP contribution in [0.5, 0.6) is 0 Å². The molecule has 27 heavy (non-hydrogen) atoms. The fourth-order valence-corrected chi connectivity index (χ4v) is 8.57. The Morgan fingerprint density at radius 3 is 1.81 bits per heavy atom. The Kier molecular flexibility index (Phi) is 5.19. The van der Waals surface area contributed by atoms with Gasteiger partial charge in [-0.2, -0.15) is 0 Å². The summed E-state index contributed by atoms with van der Waals surface area (Å²) in [6.45, 7) is 7.14. The van der Waals surface area contributed by atoms with E-state index in [1.165, 1.54) is 15.3 Å². The maximum atomic E-state index is 11.5. The van der Waals surface area contributed by atoms with Gasteiger partial charge in [-0.25, -0.2) is 4.79 Å². The summed E-state index contributed by atoms with van der Waals surface area (Å²) >= 11 is 0. The summed E-state index contributed by atoms with van der Waals surface area (Å²) in [6, 6.07) is 20.9. The zero-order valence-corrected chi connectivity index (χ0v) is 17.6. The molecule has 1 aliphatic rings. The number of hydrogen-bond donors (Lipinski definition) is 1. The molecule has 2 aromatic carbocycles. The summed E-state index contributed by atoms with van der Waals surface area (Å²) in [5.41, 5.74) is -0.390. The van der Waals surface area contributed by atoms with Gasteiger partial charge >= 0.3 is 6.09 Å². The fraction of sp³-hybridized carbons (Fsp3) is 0.409. The SMILES string of the molecule is CN(C(=O)O)C1(CO[Si](c2ccccc2)(c2ccccc2)C(C)(C)C)CC1. The lowest BCUT2D eigenvalue weighted by Crippen LogP contribution is -2.67. The third-order valence-corrected chi connectivity index (χ3v) is 10.8. The monoisotopic (exact) mass is 383 g/mol. The van der Waals surface area contributed by atoms with E-state index in [0.29, 0.717) is 6.61 Å². The van der Waals surface area contributed by atoms with E-state index in [1.807, 2.05) is 12.1 Å². The minimum atomic E-state index is -2.62. The summed E-state index contributed by atoms with van der Waals surface area (Å²) < 4.78 is 6.90.